The Morgan fingerprint density at radius 2 is 1.67 bits per heavy atom. The second-order valence-corrected chi connectivity index (χ2v) is 9.90. The van der Waals surface area contributed by atoms with Gasteiger partial charge in [0.05, 0.1) is 10.0 Å². The van der Waals surface area contributed by atoms with Crippen LogP contribution in [0.15, 0.2) is 21.5 Å². The molecule has 0 unspecified atom stereocenters. The molecule has 1 aliphatic carbocycles. The van der Waals surface area contributed by atoms with Crippen LogP contribution in [-0.4, -0.2) is 19.8 Å². The van der Waals surface area contributed by atoms with Crippen LogP contribution in [-0.2, 0) is 10.0 Å². The quantitative estimate of drug-likeness (QED) is 0.618. The lowest BCUT2D eigenvalue weighted by atomic mass is 9.89. The Bertz CT molecular complexity index is 594. The van der Waals surface area contributed by atoms with Gasteiger partial charge in [-0.3, -0.25) is 0 Å². The van der Waals surface area contributed by atoms with E-state index < -0.39 is 10.0 Å². The van der Waals surface area contributed by atoms with Crippen molar-refractivity contribution in [2.75, 3.05) is 6.54 Å². The van der Waals surface area contributed by atoms with Crippen LogP contribution >= 0.6 is 55.1 Å². The molecule has 8 heteroatoms. The number of alkyl halides is 1. The minimum Gasteiger partial charge on any atom is -0.211 e. The molecule has 3 nitrogen and oxygen atoms in total. The molecule has 1 fully saturated rings. The Balaban J connectivity index is 2.09. The Hall–Kier alpha value is 0.670. The normalized spacial score (nSPS) is 23.2. The molecular weight excluding hydrogens is 465 g/mol. The zero-order valence-corrected chi connectivity index (χ0v) is 16.6. The molecule has 0 spiro atoms. The van der Waals surface area contributed by atoms with Crippen molar-refractivity contribution in [3.8, 4) is 0 Å². The Morgan fingerprint density at radius 3 is 2.19 bits per heavy atom. The fourth-order valence-corrected chi connectivity index (χ4v) is 5.99. The third kappa shape index (κ3) is 4.82. The molecule has 0 amide bonds. The molecule has 0 saturated heterocycles. The van der Waals surface area contributed by atoms with Crippen LogP contribution in [0.25, 0.3) is 0 Å². The third-order valence-electron chi connectivity index (χ3n) is 3.57. The van der Waals surface area contributed by atoms with E-state index in [2.05, 4.69) is 36.6 Å². The van der Waals surface area contributed by atoms with Crippen molar-refractivity contribution < 1.29 is 8.42 Å². The summed E-state index contributed by atoms with van der Waals surface area (Å²) >= 11 is 18.9. The summed E-state index contributed by atoms with van der Waals surface area (Å²) in [5.74, 6) is 0.363. The van der Waals surface area contributed by atoms with Gasteiger partial charge in [-0.25, -0.2) is 13.1 Å². The van der Waals surface area contributed by atoms with E-state index in [9.17, 15) is 8.42 Å². The van der Waals surface area contributed by atoms with Gasteiger partial charge in [0.2, 0.25) is 10.0 Å². The lowest BCUT2D eigenvalue weighted by Gasteiger charge is -2.25. The van der Waals surface area contributed by atoms with Gasteiger partial charge in [-0.15, -0.1) is 0 Å². The summed E-state index contributed by atoms with van der Waals surface area (Å²) in [5, 5.41) is 0.233. The minimum absolute atomic E-state index is 0.0526. The highest BCUT2D eigenvalue weighted by Crippen LogP contribution is 2.33. The zero-order valence-electron chi connectivity index (χ0n) is 11.1. The number of hydrogen-bond acceptors (Lipinski definition) is 2. The fourth-order valence-electron chi connectivity index (χ4n) is 2.41. The van der Waals surface area contributed by atoms with Crippen LogP contribution < -0.4 is 4.72 Å². The van der Waals surface area contributed by atoms with Crippen molar-refractivity contribution in [3.63, 3.8) is 0 Å². The molecule has 1 N–H and O–H groups in total. The SMILES string of the molecule is O=S(=O)(NCC1CCC(Br)CC1)c1c(Cl)cc(Br)cc1Cl. The Labute approximate surface area is 152 Å². The standard InChI is InChI=1S/C13H15Br2Cl2NO2S/c14-9-3-1-8(2-4-9)7-18-21(19,20)13-11(16)5-10(15)6-12(13)17/h5-6,8-9,18H,1-4,7H2. The topological polar surface area (TPSA) is 46.2 Å². The average molecular weight is 480 g/mol. The molecule has 1 aliphatic rings. The van der Waals surface area contributed by atoms with Crippen molar-refractivity contribution in [3.05, 3.63) is 26.7 Å². The number of rotatable bonds is 4. The van der Waals surface area contributed by atoms with Crippen molar-refractivity contribution in [2.45, 2.75) is 35.4 Å². The first-order valence-electron chi connectivity index (χ1n) is 6.58. The third-order valence-corrected chi connectivity index (χ3v) is 7.29. The fraction of sp³-hybridized carbons (Fsp3) is 0.538. The van der Waals surface area contributed by atoms with Crippen LogP contribution in [0, 0.1) is 5.92 Å². The average Bonchev–Trinajstić information content (AvgIpc) is 2.36. The summed E-state index contributed by atoms with van der Waals surface area (Å²) < 4.78 is 28.1. The van der Waals surface area contributed by atoms with E-state index in [1.165, 1.54) is 12.1 Å². The van der Waals surface area contributed by atoms with Crippen molar-refractivity contribution >= 4 is 65.1 Å². The number of halogens is 4. The summed E-state index contributed by atoms with van der Waals surface area (Å²) in [6.45, 7) is 0.421. The zero-order chi connectivity index (χ0) is 15.6. The highest BCUT2D eigenvalue weighted by atomic mass is 79.9. The summed E-state index contributed by atoms with van der Waals surface area (Å²) in [4.78, 5) is 0.504. The summed E-state index contributed by atoms with van der Waals surface area (Å²) in [6, 6.07) is 3.05. The molecule has 0 heterocycles. The molecule has 0 atom stereocenters. The van der Waals surface area contributed by atoms with Crippen LogP contribution in [0.4, 0.5) is 0 Å². The van der Waals surface area contributed by atoms with Gasteiger partial charge in [0.1, 0.15) is 4.90 Å². The van der Waals surface area contributed by atoms with Crippen molar-refractivity contribution in [1.29, 1.82) is 0 Å². The van der Waals surface area contributed by atoms with Gasteiger partial charge in [0.15, 0.2) is 0 Å². The van der Waals surface area contributed by atoms with E-state index in [0.29, 0.717) is 21.8 Å². The van der Waals surface area contributed by atoms with Crippen molar-refractivity contribution in [1.82, 2.24) is 4.72 Å². The molecule has 0 aliphatic heterocycles. The number of nitrogens with one attached hydrogen (secondary N) is 1. The van der Waals surface area contributed by atoms with Crippen LogP contribution in [0.2, 0.25) is 10.0 Å². The Morgan fingerprint density at radius 1 is 1.14 bits per heavy atom. The molecule has 1 aromatic rings. The maximum Gasteiger partial charge on any atom is 0.243 e. The first kappa shape index (κ1) is 18.0. The molecule has 118 valence electrons. The Kier molecular flexibility index (Phi) is 6.43. The largest absolute Gasteiger partial charge is 0.243 e. The van der Waals surface area contributed by atoms with E-state index >= 15 is 0 Å². The van der Waals surface area contributed by atoms with E-state index in [0.717, 1.165) is 25.7 Å². The lowest BCUT2D eigenvalue weighted by Crippen LogP contribution is -2.31. The first-order chi connectivity index (χ1) is 9.79. The van der Waals surface area contributed by atoms with Gasteiger partial charge in [-0.05, 0) is 43.7 Å². The summed E-state index contributed by atoms with van der Waals surface area (Å²) in [6.07, 6.45) is 4.18. The van der Waals surface area contributed by atoms with Crippen LogP contribution in [0.5, 0.6) is 0 Å². The van der Waals surface area contributed by atoms with Crippen LogP contribution in [0.3, 0.4) is 0 Å². The summed E-state index contributed by atoms with van der Waals surface area (Å²) in [7, 11) is -3.70. The second kappa shape index (κ2) is 7.49. The van der Waals surface area contributed by atoms with Gasteiger partial charge >= 0.3 is 0 Å². The monoisotopic (exact) mass is 477 g/mol. The van der Waals surface area contributed by atoms with E-state index in [-0.39, 0.29) is 14.9 Å². The molecule has 0 bridgehead atoms. The predicted molar refractivity (Wildman–Crippen MR) is 94.0 cm³/mol. The second-order valence-electron chi connectivity index (χ2n) is 5.17. The van der Waals surface area contributed by atoms with E-state index in [1.807, 2.05) is 0 Å². The molecule has 1 aromatic carbocycles. The number of sulfonamides is 1. The number of benzene rings is 1. The lowest BCUT2D eigenvalue weighted by molar-refractivity contribution is 0.366. The number of hydrogen-bond donors (Lipinski definition) is 1. The highest BCUT2D eigenvalue weighted by Gasteiger charge is 2.25. The molecule has 1 saturated carbocycles. The van der Waals surface area contributed by atoms with Gasteiger partial charge in [0, 0.05) is 15.8 Å². The minimum atomic E-state index is -3.70. The molecular formula is C13H15Br2Cl2NO2S. The van der Waals surface area contributed by atoms with Gasteiger partial charge < -0.3 is 0 Å². The van der Waals surface area contributed by atoms with Gasteiger partial charge in [-0.2, -0.15) is 0 Å². The molecule has 21 heavy (non-hydrogen) atoms. The van der Waals surface area contributed by atoms with Crippen LogP contribution in [0.1, 0.15) is 25.7 Å². The smallest absolute Gasteiger partial charge is 0.211 e. The van der Waals surface area contributed by atoms with E-state index in [4.69, 9.17) is 23.2 Å². The first-order valence-corrected chi connectivity index (χ1v) is 10.5. The van der Waals surface area contributed by atoms with E-state index in [1.54, 1.807) is 0 Å². The highest BCUT2D eigenvalue weighted by molar-refractivity contribution is 9.10. The van der Waals surface area contributed by atoms with Gasteiger partial charge in [-0.1, -0.05) is 55.1 Å². The van der Waals surface area contributed by atoms with Gasteiger partial charge in [0.25, 0.3) is 0 Å². The molecule has 2 rings (SSSR count). The predicted octanol–water partition coefficient (Wildman–Crippen LogP) is 4.99. The van der Waals surface area contributed by atoms with Crippen molar-refractivity contribution in [2.24, 2.45) is 5.92 Å². The maximum absolute atomic E-state index is 12.4. The summed E-state index contributed by atoms with van der Waals surface area (Å²) in [5.41, 5.74) is 0. The maximum atomic E-state index is 12.4. The molecule has 0 radical (unpaired) electrons. The molecule has 0 aromatic heterocycles.